The summed E-state index contributed by atoms with van der Waals surface area (Å²) in [5.74, 6) is -0.879. The molecule has 2 aromatic rings. The maximum Gasteiger partial charge on any atom is 0.332 e. The predicted octanol–water partition coefficient (Wildman–Crippen LogP) is 5.00. The van der Waals surface area contributed by atoms with Gasteiger partial charge in [-0.05, 0) is 45.5 Å². The first-order valence-electron chi connectivity index (χ1n) is 6.93. The van der Waals surface area contributed by atoms with Gasteiger partial charge in [0, 0.05) is 5.57 Å². The number of carboxylic acid groups (broad SMARTS) is 1. The van der Waals surface area contributed by atoms with Crippen LogP contribution < -0.4 is 0 Å². The Kier molecular flexibility index (Phi) is 3.99. The van der Waals surface area contributed by atoms with Crippen LogP contribution in [0.4, 0.5) is 0 Å². The molecule has 0 aromatic heterocycles. The number of carbonyl (C=O) groups is 1. The molecule has 108 valence electrons. The third-order valence-electron chi connectivity index (χ3n) is 3.49. The first-order chi connectivity index (χ1) is 9.82. The molecule has 0 radical (unpaired) electrons. The van der Waals surface area contributed by atoms with Gasteiger partial charge in [-0.3, -0.25) is 0 Å². The molecule has 1 N–H and O–H groups in total. The Labute approximate surface area is 125 Å². The fraction of sp³-hybridized carbons (Fsp3) is 0.211. The van der Waals surface area contributed by atoms with Gasteiger partial charge in [0.25, 0.3) is 0 Å². The van der Waals surface area contributed by atoms with Crippen molar-refractivity contribution in [2.75, 3.05) is 0 Å². The molecule has 0 fully saturated rings. The fourth-order valence-corrected chi connectivity index (χ4v) is 2.36. The van der Waals surface area contributed by atoms with Crippen LogP contribution in [-0.2, 0) is 4.79 Å². The van der Waals surface area contributed by atoms with Crippen molar-refractivity contribution in [1.29, 1.82) is 0 Å². The van der Waals surface area contributed by atoms with E-state index in [1.165, 1.54) is 0 Å². The van der Waals surface area contributed by atoms with E-state index in [0.717, 1.165) is 21.9 Å². The highest BCUT2D eigenvalue weighted by molar-refractivity contribution is 5.99. The lowest BCUT2D eigenvalue weighted by atomic mass is 9.84. The van der Waals surface area contributed by atoms with Crippen LogP contribution in [0.15, 0.2) is 48.6 Å². The monoisotopic (exact) mass is 280 g/mol. The van der Waals surface area contributed by atoms with E-state index < -0.39 is 11.4 Å². The molecule has 0 amide bonds. The van der Waals surface area contributed by atoms with Crippen molar-refractivity contribution in [3.63, 3.8) is 0 Å². The quantitative estimate of drug-likeness (QED) is 0.803. The summed E-state index contributed by atoms with van der Waals surface area (Å²) in [6, 6.07) is 12.0. The molecule has 0 spiro atoms. The molecule has 0 saturated heterocycles. The highest BCUT2D eigenvalue weighted by Crippen LogP contribution is 2.30. The molecule has 0 bridgehead atoms. The summed E-state index contributed by atoms with van der Waals surface area (Å²) in [6.07, 6.45) is 3.55. The first kappa shape index (κ1) is 15.0. The maximum atomic E-state index is 11.6. The molecular formula is C19H20O2. The summed E-state index contributed by atoms with van der Waals surface area (Å²) in [4.78, 5) is 11.6. The van der Waals surface area contributed by atoms with Crippen LogP contribution in [0, 0.1) is 5.41 Å². The Balaban J connectivity index is 2.75. The van der Waals surface area contributed by atoms with Gasteiger partial charge in [0.1, 0.15) is 0 Å². The summed E-state index contributed by atoms with van der Waals surface area (Å²) in [5.41, 5.74) is 1.87. The topological polar surface area (TPSA) is 37.3 Å². The Morgan fingerprint density at radius 3 is 2.43 bits per heavy atom. The number of hydrogen-bond donors (Lipinski definition) is 1. The van der Waals surface area contributed by atoms with Gasteiger partial charge in [-0.25, -0.2) is 4.79 Å². The zero-order valence-electron chi connectivity index (χ0n) is 12.7. The summed E-state index contributed by atoms with van der Waals surface area (Å²) in [5, 5.41) is 11.6. The molecule has 0 atom stereocenters. The Morgan fingerprint density at radius 1 is 1.19 bits per heavy atom. The zero-order chi connectivity index (χ0) is 15.6. The van der Waals surface area contributed by atoms with Crippen LogP contribution in [0.3, 0.4) is 0 Å². The van der Waals surface area contributed by atoms with Crippen LogP contribution in [0.5, 0.6) is 0 Å². The largest absolute Gasteiger partial charge is 0.478 e. The summed E-state index contributed by atoms with van der Waals surface area (Å²) in [7, 11) is 0. The summed E-state index contributed by atoms with van der Waals surface area (Å²) < 4.78 is 0. The van der Waals surface area contributed by atoms with Crippen LogP contribution in [-0.4, -0.2) is 11.1 Å². The number of fused-ring (bicyclic) bond motifs is 1. The minimum atomic E-state index is -0.879. The van der Waals surface area contributed by atoms with Crippen LogP contribution >= 0.6 is 0 Å². The highest BCUT2D eigenvalue weighted by Gasteiger charge is 2.23. The molecule has 2 heteroatoms. The number of carboxylic acids is 1. The zero-order valence-corrected chi connectivity index (χ0v) is 12.7. The average Bonchev–Trinajstić information content (AvgIpc) is 2.42. The maximum absolute atomic E-state index is 11.6. The van der Waals surface area contributed by atoms with Gasteiger partial charge in [-0.2, -0.15) is 0 Å². The van der Waals surface area contributed by atoms with Gasteiger partial charge in [0.2, 0.25) is 0 Å². The van der Waals surface area contributed by atoms with Gasteiger partial charge in [0.05, 0.1) is 0 Å². The molecule has 0 saturated carbocycles. The second-order valence-corrected chi connectivity index (χ2v) is 6.15. The van der Waals surface area contributed by atoms with E-state index in [-0.39, 0.29) is 0 Å². The number of benzene rings is 2. The van der Waals surface area contributed by atoms with Crippen molar-refractivity contribution in [3.8, 4) is 0 Å². The second-order valence-electron chi connectivity index (χ2n) is 6.15. The Bertz CT molecular complexity index is 731. The van der Waals surface area contributed by atoms with Crippen molar-refractivity contribution in [3.05, 3.63) is 59.7 Å². The van der Waals surface area contributed by atoms with Crippen molar-refractivity contribution in [2.45, 2.75) is 20.8 Å². The van der Waals surface area contributed by atoms with Crippen LogP contribution in [0.1, 0.15) is 31.9 Å². The molecule has 2 rings (SSSR count). The SMILES string of the molecule is C=Cc1cc(C=C(C(=O)O)C(C)(C)C)c2ccccc2c1. The number of aliphatic carboxylic acids is 1. The fourth-order valence-electron chi connectivity index (χ4n) is 2.36. The van der Waals surface area contributed by atoms with E-state index in [1.54, 1.807) is 12.2 Å². The van der Waals surface area contributed by atoms with E-state index in [9.17, 15) is 9.90 Å². The molecule has 21 heavy (non-hydrogen) atoms. The predicted molar refractivity (Wildman–Crippen MR) is 89.1 cm³/mol. The Morgan fingerprint density at radius 2 is 1.86 bits per heavy atom. The highest BCUT2D eigenvalue weighted by atomic mass is 16.4. The molecule has 0 unspecified atom stereocenters. The van der Waals surface area contributed by atoms with E-state index in [1.807, 2.05) is 51.1 Å². The standard InChI is InChI=1S/C19H20O2/c1-5-13-10-14-8-6-7-9-16(14)15(11-13)12-17(18(20)21)19(2,3)4/h5-12H,1H2,2-4H3,(H,20,21). The normalized spacial score (nSPS) is 12.4. The minimum absolute atomic E-state index is 0.397. The van der Waals surface area contributed by atoms with Crippen molar-refractivity contribution in [1.82, 2.24) is 0 Å². The number of rotatable bonds is 3. The molecule has 0 aliphatic heterocycles. The van der Waals surface area contributed by atoms with Crippen molar-refractivity contribution >= 4 is 28.9 Å². The van der Waals surface area contributed by atoms with Crippen LogP contribution in [0.25, 0.3) is 22.9 Å². The van der Waals surface area contributed by atoms with E-state index in [0.29, 0.717) is 5.57 Å². The number of hydrogen-bond acceptors (Lipinski definition) is 1. The van der Waals surface area contributed by atoms with Crippen LogP contribution in [0.2, 0.25) is 0 Å². The lowest BCUT2D eigenvalue weighted by molar-refractivity contribution is -0.133. The lowest BCUT2D eigenvalue weighted by Crippen LogP contribution is -2.17. The second kappa shape index (κ2) is 5.57. The van der Waals surface area contributed by atoms with E-state index in [2.05, 4.69) is 12.6 Å². The Hall–Kier alpha value is -2.35. The molecule has 2 aromatic carbocycles. The molecule has 0 aliphatic carbocycles. The smallest absolute Gasteiger partial charge is 0.332 e. The van der Waals surface area contributed by atoms with Gasteiger partial charge < -0.3 is 5.11 Å². The van der Waals surface area contributed by atoms with Crippen molar-refractivity contribution in [2.24, 2.45) is 5.41 Å². The minimum Gasteiger partial charge on any atom is -0.478 e. The molecule has 0 heterocycles. The summed E-state index contributed by atoms with van der Waals surface area (Å²) >= 11 is 0. The molecule has 0 aliphatic rings. The van der Waals surface area contributed by atoms with E-state index >= 15 is 0 Å². The van der Waals surface area contributed by atoms with Gasteiger partial charge in [-0.1, -0.05) is 57.7 Å². The third-order valence-corrected chi connectivity index (χ3v) is 3.49. The van der Waals surface area contributed by atoms with Gasteiger partial charge >= 0.3 is 5.97 Å². The van der Waals surface area contributed by atoms with Gasteiger partial charge in [0.15, 0.2) is 0 Å². The molecule has 2 nitrogen and oxygen atoms in total. The molecular weight excluding hydrogens is 260 g/mol. The van der Waals surface area contributed by atoms with Gasteiger partial charge in [-0.15, -0.1) is 0 Å². The third kappa shape index (κ3) is 3.22. The summed E-state index contributed by atoms with van der Waals surface area (Å²) in [6.45, 7) is 9.53. The average molecular weight is 280 g/mol. The van der Waals surface area contributed by atoms with E-state index in [4.69, 9.17) is 0 Å². The first-order valence-corrected chi connectivity index (χ1v) is 6.93. The van der Waals surface area contributed by atoms with Crippen molar-refractivity contribution < 1.29 is 9.90 Å². The lowest BCUT2D eigenvalue weighted by Gasteiger charge is -2.20.